The van der Waals surface area contributed by atoms with Crippen LogP contribution in [0.15, 0.2) is 0 Å². The van der Waals surface area contributed by atoms with Crippen molar-refractivity contribution < 1.29 is 8.42 Å². The summed E-state index contributed by atoms with van der Waals surface area (Å²) in [6.45, 7) is 8.20. The number of nitrogens with zero attached hydrogens (tertiary/aromatic N) is 1. The Kier molecular flexibility index (Phi) is 5.41. The van der Waals surface area contributed by atoms with Gasteiger partial charge in [0, 0.05) is 12.6 Å². The van der Waals surface area contributed by atoms with Gasteiger partial charge in [-0.2, -0.15) is 0 Å². The van der Waals surface area contributed by atoms with Crippen molar-refractivity contribution in [2.24, 2.45) is 11.7 Å². The van der Waals surface area contributed by atoms with Gasteiger partial charge in [-0.25, -0.2) is 8.42 Å². The zero-order chi connectivity index (χ0) is 13.1. The molecular weight excluding hydrogens is 236 g/mol. The molecule has 2 N–H and O–H groups in total. The summed E-state index contributed by atoms with van der Waals surface area (Å²) >= 11 is 0. The first kappa shape index (κ1) is 14.9. The first-order chi connectivity index (χ1) is 7.83. The van der Waals surface area contributed by atoms with E-state index < -0.39 is 9.84 Å². The van der Waals surface area contributed by atoms with Gasteiger partial charge in [0.25, 0.3) is 0 Å². The second-order valence-corrected chi connectivity index (χ2v) is 8.13. The molecule has 0 saturated carbocycles. The third kappa shape index (κ3) is 4.56. The van der Waals surface area contributed by atoms with E-state index >= 15 is 0 Å². The second kappa shape index (κ2) is 6.16. The lowest BCUT2D eigenvalue weighted by Crippen LogP contribution is -2.41. The Hall–Kier alpha value is -0.130. The molecule has 1 atom stereocenters. The fourth-order valence-corrected chi connectivity index (χ4v) is 3.18. The molecule has 0 aromatic rings. The van der Waals surface area contributed by atoms with Gasteiger partial charge in [0.2, 0.25) is 0 Å². The van der Waals surface area contributed by atoms with Crippen LogP contribution < -0.4 is 5.73 Å². The Balaban J connectivity index is 2.32. The van der Waals surface area contributed by atoms with Crippen molar-refractivity contribution in [3.8, 4) is 0 Å². The predicted octanol–water partition coefficient (Wildman–Crippen LogP) is 0.869. The van der Waals surface area contributed by atoms with Gasteiger partial charge in [0.1, 0.15) is 0 Å². The van der Waals surface area contributed by atoms with E-state index in [1.807, 2.05) is 0 Å². The maximum Gasteiger partial charge on any atom is 0.153 e. The van der Waals surface area contributed by atoms with Gasteiger partial charge in [-0.15, -0.1) is 0 Å². The van der Waals surface area contributed by atoms with Crippen LogP contribution in [-0.4, -0.2) is 50.0 Å². The van der Waals surface area contributed by atoms with E-state index in [0.717, 1.165) is 25.9 Å². The van der Waals surface area contributed by atoms with E-state index in [-0.39, 0.29) is 17.0 Å². The topological polar surface area (TPSA) is 63.4 Å². The van der Waals surface area contributed by atoms with Gasteiger partial charge in [0.15, 0.2) is 9.84 Å². The molecule has 0 radical (unpaired) electrons. The normalized spacial score (nSPS) is 21.9. The van der Waals surface area contributed by atoms with Crippen LogP contribution in [0.4, 0.5) is 0 Å². The highest BCUT2D eigenvalue weighted by Gasteiger charge is 2.23. The molecule has 0 bridgehead atoms. The van der Waals surface area contributed by atoms with Gasteiger partial charge in [-0.05, 0) is 52.6 Å². The number of piperidine rings is 1. The Morgan fingerprint density at radius 1 is 1.24 bits per heavy atom. The van der Waals surface area contributed by atoms with Crippen LogP contribution >= 0.6 is 0 Å². The lowest BCUT2D eigenvalue weighted by Gasteiger charge is -2.33. The molecule has 0 aromatic carbocycles. The molecule has 1 saturated heterocycles. The molecule has 0 aromatic heterocycles. The number of hydrogen-bond donors (Lipinski definition) is 1. The van der Waals surface area contributed by atoms with Crippen LogP contribution in [0, 0.1) is 5.92 Å². The van der Waals surface area contributed by atoms with Crippen molar-refractivity contribution in [2.75, 3.05) is 25.4 Å². The third-order valence-electron chi connectivity index (χ3n) is 3.79. The van der Waals surface area contributed by atoms with Gasteiger partial charge in [-0.3, -0.25) is 0 Å². The molecule has 1 aliphatic rings. The van der Waals surface area contributed by atoms with E-state index in [1.165, 1.54) is 0 Å². The van der Waals surface area contributed by atoms with Crippen molar-refractivity contribution in [3.63, 3.8) is 0 Å². The summed E-state index contributed by atoms with van der Waals surface area (Å²) in [6, 6.07) is 0.261. The largest absolute Gasteiger partial charge is 0.328 e. The quantitative estimate of drug-likeness (QED) is 0.798. The molecule has 1 rings (SSSR count). The van der Waals surface area contributed by atoms with Crippen molar-refractivity contribution in [3.05, 3.63) is 0 Å². The van der Waals surface area contributed by atoms with Crippen LogP contribution in [-0.2, 0) is 9.84 Å². The molecule has 0 amide bonds. The minimum atomic E-state index is -2.89. The van der Waals surface area contributed by atoms with E-state index in [0.29, 0.717) is 12.5 Å². The van der Waals surface area contributed by atoms with Crippen LogP contribution in [0.1, 0.15) is 33.6 Å². The van der Waals surface area contributed by atoms with Crippen LogP contribution in [0.2, 0.25) is 0 Å². The lowest BCUT2D eigenvalue weighted by molar-refractivity contribution is 0.180. The fraction of sp³-hybridized carbons (Fsp3) is 1.00. The molecule has 1 aliphatic heterocycles. The Labute approximate surface area is 105 Å². The molecule has 4 nitrogen and oxygen atoms in total. The molecule has 0 spiro atoms. The second-order valence-electron chi connectivity index (χ2n) is 5.45. The molecule has 17 heavy (non-hydrogen) atoms. The highest BCUT2D eigenvalue weighted by atomic mass is 32.2. The van der Waals surface area contributed by atoms with Crippen molar-refractivity contribution in [1.82, 2.24) is 4.90 Å². The minimum Gasteiger partial charge on any atom is -0.328 e. The zero-order valence-corrected chi connectivity index (χ0v) is 12.0. The van der Waals surface area contributed by atoms with E-state index in [1.54, 1.807) is 13.8 Å². The highest BCUT2D eigenvalue weighted by Crippen LogP contribution is 2.19. The van der Waals surface area contributed by atoms with E-state index in [9.17, 15) is 8.42 Å². The molecule has 102 valence electrons. The number of rotatable bonds is 5. The summed E-state index contributed by atoms with van der Waals surface area (Å²) < 4.78 is 23.4. The molecule has 1 unspecified atom stereocenters. The SMILES string of the molecule is CC(N)C1CCN(CCS(=O)(=O)C(C)C)CC1. The predicted molar refractivity (Wildman–Crippen MR) is 71.7 cm³/mol. The summed E-state index contributed by atoms with van der Waals surface area (Å²) in [7, 11) is -2.89. The van der Waals surface area contributed by atoms with Gasteiger partial charge < -0.3 is 10.6 Å². The Bertz CT molecular complexity index is 317. The van der Waals surface area contributed by atoms with Gasteiger partial charge >= 0.3 is 0 Å². The summed E-state index contributed by atoms with van der Waals surface area (Å²) in [5.74, 6) is 0.890. The number of nitrogens with two attached hydrogens (primary N) is 1. The fourth-order valence-electron chi connectivity index (χ4n) is 2.19. The summed E-state index contributed by atoms with van der Waals surface area (Å²) in [5, 5.41) is -0.260. The smallest absolute Gasteiger partial charge is 0.153 e. The van der Waals surface area contributed by atoms with Crippen LogP contribution in [0.5, 0.6) is 0 Å². The molecular formula is C12H26N2O2S. The maximum absolute atomic E-state index is 11.7. The van der Waals surface area contributed by atoms with E-state index in [2.05, 4.69) is 11.8 Å². The van der Waals surface area contributed by atoms with Gasteiger partial charge in [0.05, 0.1) is 11.0 Å². The van der Waals surface area contributed by atoms with Crippen LogP contribution in [0.3, 0.4) is 0 Å². The average Bonchev–Trinajstić information content (AvgIpc) is 2.27. The third-order valence-corrected chi connectivity index (χ3v) is 5.97. The first-order valence-electron chi connectivity index (χ1n) is 6.52. The molecule has 1 heterocycles. The zero-order valence-electron chi connectivity index (χ0n) is 11.2. The monoisotopic (exact) mass is 262 g/mol. The van der Waals surface area contributed by atoms with Gasteiger partial charge in [-0.1, -0.05) is 0 Å². The summed E-state index contributed by atoms with van der Waals surface area (Å²) in [5.41, 5.74) is 5.88. The van der Waals surface area contributed by atoms with Crippen molar-refractivity contribution in [2.45, 2.75) is 44.9 Å². The number of hydrogen-bond acceptors (Lipinski definition) is 4. The Morgan fingerprint density at radius 2 is 1.76 bits per heavy atom. The van der Waals surface area contributed by atoms with E-state index in [4.69, 9.17) is 5.73 Å². The van der Waals surface area contributed by atoms with Crippen LogP contribution in [0.25, 0.3) is 0 Å². The Morgan fingerprint density at radius 3 is 2.18 bits per heavy atom. The maximum atomic E-state index is 11.7. The van der Waals surface area contributed by atoms with Crippen molar-refractivity contribution in [1.29, 1.82) is 0 Å². The van der Waals surface area contributed by atoms with Crippen molar-refractivity contribution >= 4 is 9.84 Å². The average molecular weight is 262 g/mol. The lowest BCUT2D eigenvalue weighted by atomic mass is 9.91. The molecule has 1 fully saturated rings. The number of likely N-dealkylation sites (tertiary alicyclic amines) is 1. The molecule has 5 heteroatoms. The molecule has 0 aliphatic carbocycles. The summed E-state index contributed by atoms with van der Waals surface area (Å²) in [6.07, 6.45) is 2.19. The minimum absolute atomic E-state index is 0.260. The number of sulfone groups is 1. The summed E-state index contributed by atoms with van der Waals surface area (Å²) in [4.78, 5) is 2.25. The highest BCUT2D eigenvalue weighted by molar-refractivity contribution is 7.92. The standard InChI is InChI=1S/C12H26N2O2S/c1-10(2)17(15,16)9-8-14-6-4-12(5-7-14)11(3)13/h10-12H,4-9,13H2,1-3H3. The first-order valence-corrected chi connectivity index (χ1v) is 8.24.